The van der Waals surface area contributed by atoms with E-state index in [9.17, 15) is 0 Å². The number of hydrogen-bond donors (Lipinski definition) is 1. The molecule has 1 aromatic carbocycles. The standard InChI is InChI=1S/C12H14BrN3O2/c1-17-7-6-10(14)12-15-11(16-18-12)8-4-2-3-5-9(8)13/h2-5,10H,6-7,14H2,1H3. The number of ether oxygens (including phenoxy) is 1. The molecule has 0 saturated heterocycles. The molecular weight excluding hydrogens is 298 g/mol. The molecule has 2 rings (SSSR count). The smallest absolute Gasteiger partial charge is 0.243 e. The molecule has 2 aromatic rings. The first-order valence-corrected chi connectivity index (χ1v) is 6.34. The van der Waals surface area contributed by atoms with Crippen LogP contribution in [0.15, 0.2) is 33.3 Å². The van der Waals surface area contributed by atoms with Gasteiger partial charge < -0.3 is 15.0 Å². The lowest BCUT2D eigenvalue weighted by Gasteiger charge is -2.04. The van der Waals surface area contributed by atoms with Crippen LogP contribution in [-0.2, 0) is 4.74 Å². The highest BCUT2D eigenvalue weighted by atomic mass is 79.9. The third kappa shape index (κ3) is 2.95. The summed E-state index contributed by atoms with van der Waals surface area (Å²) >= 11 is 3.45. The van der Waals surface area contributed by atoms with Crippen LogP contribution in [0.4, 0.5) is 0 Å². The zero-order valence-electron chi connectivity index (χ0n) is 9.97. The van der Waals surface area contributed by atoms with E-state index in [-0.39, 0.29) is 6.04 Å². The van der Waals surface area contributed by atoms with E-state index >= 15 is 0 Å². The largest absolute Gasteiger partial charge is 0.385 e. The van der Waals surface area contributed by atoms with E-state index in [1.165, 1.54) is 0 Å². The molecule has 96 valence electrons. The number of nitrogens with zero attached hydrogens (tertiary/aromatic N) is 2. The normalized spacial score (nSPS) is 12.6. The van der Waals surface area contributed by atoms with Crippen molar-refractivity contribution in [3.63, 3.8) is 0 Å². The van der Waals surface area contributed by atoms with Gasteiger partial charge in [0.05, 0.1) is 6.04 Å². The Hall–Kier alpha value is -1.24. The third-order valence-corrected chi connectivity index (χ3v) is 3.20. The van der Waals surface area contributed by atoms with Crippen LogP contribution in [0.25, 0.3) is 11.4 Å². The lowest BCUT2D eigenvalue weighted by atomic mass is 10.2. The Kier molecular flexibility index (Phi) is 4.46. The second-order valence-electron chi connectivity index (χ2n) is 3.82. The van der Waals surface area contributed by atoms with Gasteiger partial charge in [-0.15, -0.1) is 0 Å². The van der Waals surface area contributed by atoms with Crippen LogP contribution in [0.2, 0.25) is 0 Å². The molecule has 0 aliphatic rings. The van der Waals surface area contributed by atoms with Crippen LogP contribution in [0.3, 0.4) is 0 Å². The minimum absolute atomic E-state index is 0.298. The summed E-state index contributed by atoms with van der Waals surface area (Å²) < 4.78 is 11.1. The van der Waals surface area contributed by atoms with Crippen molar-refractivity contribution in [3.8, 4) is 11.4 Å². The Balaban J connectivity index is 2.18. The van der Waals surface area contributed by atoms with Crippen LogP contribution in [-0.4, -0.2) is 23.9 Å². The van der Waals surface area contributed by atoms with Crippen molar-refractivity contribution in [3.05, 3.63) is 34.6 Å². The maximum absolute atomic E-state index is 5.92. The summed E-state index contributed by atoms with van der Waals surface area (Å²) in [7, 11) is 1.63. The summed E-state index contributed by atoms with van der Waals surface area (Å²) in [6.45, 7) is 0.563. The van der Waals surface area contributed by atoms with Crippen molar-refractivity contribution in [2.75, 3.05) is 13.7 Å². The summed E-state index contributed by atoms with van der Waals surface area (Å²) in [6.07, 6.45) is 0.647. The summed E-state index contributed by atoms with van der Waals surface area (Å²) in [5.41, 5.74) is 6.80. The van der Waals surface area contributed by atoms with Crippen molar-refractivity contribution >= 4 is 15.9 Å². The maximum Gasteiger partial charge on any atom is 0.243 e. The van der Waals surface area contributed by atoms with Gasteiger partial charge >= 0.3 is 0 Å². The zero-order valence-corrected chi connectivity index (χ0v) is 11.6. The Morgan fingerprint density at radius 3 is 2.94 bits per heavy atom. The predicted octanol–water partition coefficient (Wildman–Crippen LogP) is 2.54. The lowest BCUT2D eigenvalue weighted by molar-refractivity contribution is 0.182. The zero-order chi connectivity index (χ0) is 13.0. The van der Waals surface area contributed by atoms with Gasteiger partial charge in [0, 0.05) is 23.8 Å². The summed E-state index contributed by atoms with van der Waals surface area (Å²) in [6, 6.07) is 7.39. The van der Waals surface area contributed by atoms with E-state index < -0.39 is 0 Å². The van der Waals surface area contributed by atoms with Gasteiger partial charge in [-0.25, -0.2) is 0 Å². The molecule has 0 amide bonds. The van der Waals surface area contributed by atoms with E-state index in [2.05, 4.69) is 26.1 Å². The van der Waals surface area contributed by atoms with Crippen molar-refractivity contribution in [2.45, 2.75) is 12.5 Å². The summed E-state index contributed by atoms with van der Waals surface area (Å²) in [4.78, 5) is 4.31. The molecule has 0 fully saturated rings. The third-order valence-electron chi connectivity index (χ3n) is 2.51. The molecule has 1 unspecified atom stereocenters. The molecule has 1 heterocycles. The molecule has 5 nitrogen and oxygen atoms in total. The lowest BCUT2D eigenvalue weighted by Crippen LogP contribution is -2.12. The molecule has 1 atom stereocenters. The van der Waals surface area contributed by atoms with Gasteiger partial charge in [0.15, 0.2) is 0 Å². The highest BCUT2D eigenvalue weighted by Crippen LogP contribution is 2.26. The highest BCUT2D eigenvalue weighted by Gasteiger charge is 2.16. The average molecular weight is 312 g/mol. The van der Waals surface area contributed by atoms with Gasteiger partial charge in [0.2, 0.25) is 11.7 Å². The fourth-order valence-corrected chi connectivity index (χ4v) is 1.97. The molecule has 0 spiro atoms. The summed E-state index contributed by atoms with van der Waals surface area (Å²) in [5.74, 6) is 0.961. The Bertz CT molecular complexity index is 516. The first kappa shape index (κ1) is 13.2. The highest BCUT2D eigenvalue weighted by molar-refractivity contribution is 9.10. The van der Waals surface area contributed by atoms with Crippen molar-refractivity contribution < 1.29 is 9.26 Å². The average Bonchev–Trinajstić information content (AvgIpc) is 2.86. The van der Waals surface area contributed by atoms with E-state index in [0.717, 1.165) is 10.0 Å². The fourth-order valence-electron chi connectivity index (χ4n) is 1.51. The predicted molar refractivity (Wildman–Crippen MR) is 70.9 cm³/mol. The maximum atomic E-state index is 5.92. The van der Waals surface area contributed by atoms with Crippen molar-refractivity contribution in [2.24, 2.45) is 5.73 Å². The van der Waals surface area contributed by atoms with Crippen LogP contribution < -0.4 is 5.73 Å². The number of methoxy groups -OCH3 is 1. The van der Waals surface area contributed by atoms with Crippen molar-refractivity contribution in [1.82, 2.24) is 10.1 Å². The van der Waals surface area contributed by atoms with Gasteiger partial charge in [-0.1, -0.05) is 33.2 Å². The molecule has 1 aromatic heterocycles. The second kappa shape index (κ2) is 6.08. The van der Waals surface area contributed by atoms with Crippen LogP contribution in [0.1, 0.15) is 18.4 Å². The van der Waals surface area contributed by atoms with Crippen LogP contribution in [0, 0.1) is 0 Å². The Morgan fingerprint density at radius 1 is 1.44 bits per heavy atom. The number of rotatable bonds is 5. The fraction of sp³-hybridized carbons (Fsp3) is 0.333. The number of halogens is 1. The number of aromatic nitrogens is 2. The van der Waals surface area contributed by atoms with E-state index in [1.54, 1.807) is 7.11 Å². The van der Waals surface area contributed by atoms with E-state index in [0.29, 0.717) is 24.7 Å². The minimum Gasteiger partial charge on any atom is -0.385 e. The molecule has 18 heavy (non-hydrogen) atoms. The number of hydrogen-bond acceptors (Lipinski definition) is 5. The van der Waals surface area contributed by atoms with Gasteiger partial charge in [-0.05, 0) is 18.6 Å². The molecule has 6 heteroatoms. The number of benzene rings is 1. The quantitative estimate of drug-likeness (QED) is 0.918. The minimum atomic E-state index is -0.298. The molecule has 0 saturated carbocycles. The van der Waals surface area contributed by atoms with Crippen LogP contribution >= 0.6 is 15.9 Å². The molecule has 0 aliphatic carbocycles. The first-order chi connectivity index (χ1) is 8.72. The summed E-state index contributed by atoms with van der Waals surface area (Å²) in [5, 5.41) is 3.94. The molecule has 0 radical (unpaired) electrons. The second-order valence-corrected chi connectivity index (χ2v) is 4.68. The molecule has 0 bridgehead atoms. The Labute approximate surface area is 113 Å². The monoisotopic (exact) mass is 311 g/mol. The first-order valence-electron chi connectivity index (χ1n) is 5.55. The SMILES string of the molecule is COCCC(N)c1nc(-c2ccccc2Br)no1. The van der Waals surface area contributed by atoms with E-state index in [4.69, 9.17) is 15.0 Å². The van der Waals surface area contributed by atoms with Gasteiger partial charge in [-0.3, -0.25) is 0 Å². The Morgan fingerprint density at radius 2 is 2.22 bits per heavy atom. The molecular formula is C12H14BrN3O2. The van der Waals surface area contributed by atoms with Crippen molar-refractivity contribution in [1.29, 1.82) is 0 Å². The topological polar surface area (TPSA) is 74.2 Å². The van der Waals surface area contributed by atoms with Gasteiger partial charge in [0.25, 0.3) is 0 Å². The molecule has 0 aliphatic heterocycles. The molecule has 2 N–H and O–H groups in total. The van der Waals surface area contributed by atoms with E-state index in [1.807, 2.05) is 24.3 Å². The van der Waals surface area contributed by atoms with Gasteiger partial charge in [0.1, 0.15) is 0 Å². The number of nitrogens with two attached hydrogens (primary N) is 1. The van der Waals surface area contributed by atoms with Gasteiger partial charge in [-0.2, -0.15) is 4.98 Å². The van der Waals surface area contributed by atoms with Crippen LogP contribution in [0.5, 0.6) is 0 Å².